The van der Waals surface area contributed by atoms with E-state index in [-0.39, 0.29) is 18.9 Å². The topological polar surface area (TPSA) is 57.6 Å². The van der Waals surface area contributed by atoms with Gasteiger partial charge in [0.05, 0.1) is 5.92 Å². The summed E-state index contributed by atoms with van der Waals surface area (Å²) in [5.74, 6) is -1.69. The second-order valence-electron chi connectivity index (χ2n) is 3.72. The fourth-order valence-electron chi connectivity index (χ4n) is 1.74. The minimum atomic E-state index is -0.926. The molecule has 1 aromatic carbocycles. The van der Waals surface area contributed by atoms with Crippen molar-refractivity contribution in [3.8, 4) is 0 Å². The van der Waals surface area contributed by atoms with E-state index in [4.69, 9.17) is 16.7 Å². The normalized spacial score (nSPS) is 18.3. The molecule has 0 spiro atoms. The molecule has 0 aliphatic carbocycles. The molecule has 1 atom stereocenters. The van der Waals surface area contributed by atoms with Crippen LogP contribution in [0.1, 0.15) is 20.3 Å². The molecule has 0 bridgehead atoms. The van der Waals surface area contributed by atoms with Crippen molar-refractivity contribution in [2.24, 2.45) is 5.92 Å². The molecule has 5 heteroatoms. The number of carbonyl (C=O) groups is 2. The van der Waals surface area contributed by atoms with Gasteiger partial charge in [0.2, 0.25) is 5.91 Å². The molecule has 1 N–H and O–H groups in total. The number of aliphatic carboxylic acids is 1. The van der Waals surface area contributed by atoms with Crippen molar-refractivity contribution >= 4 is 29.2 Å². The molecule has 1 amide bonds. The van der Waals surface area contributed by atoms with Crippen LogP contribution in [0.15, 0.2) is 24.3 Å². The maximum absolute atomic E-state index is 11.6. The van der Waals surface area contributed by atoms with E-state index in [9.17, 15) is 9.59 Å². The molecule has 18 heavy (non-hydrogen) atoms. The number of amides is 1. The Kier molecular flexibility index (Phi) is 5.16. The van der Waals surface area contributed by atoms with Crippen molar-refractivity contribution in [3.05, 3.63) is 29.3 Å². The van der Waals surface area contributed by atoms with Crippen molar-refractivity contribution in [2.75, 3.05) is 11.4 Å². The molecule has 1 aromatic rings. The molecule has 4 nitrogen and oxygen atoms in total. The Hall–Kier alpha value is -1.55. The van der Waals surface area contributed by atoms with Crippen LogP contribution in [-0.2, 0) is 9.59 Å². The van der Waals surface area contributed by atoms with Crippen LogP contribution in [0.2, 0.25) is 5.02 Å². The van der Waals surface area contributed by atoms with E-state index in [1.165, 1.54) is 4.90 Å². The van der Waals surface area contributed by atoms with Gasteiger partial charge in [0, 0.05) is 23.7 Å². The molecule has 2 rings (SSSR count). The van der Waals surface area contributed by atoms with Gasteiger partial charge in [0.25, 0.3) is 0 Å². The molecule has 1 saturated heterocycles. The van der Waals surface area contributed by atoms with Gasteiger partial charge in [-0.2, -0.15) is 0 Å². The summed E-state index contributed by atoms with van der Waals surface area (Å²) in [5, 5.41) is 9.43. The van der Waals surface area contributed by atoms with E-state index in [0.29, 0.717) is 10.7 Å². The minimum Gasteiger partial charge on any atom is -0.481 e. The molecule has 0 aromatic heterocycles. The summed E-state index contributed by atoms with van der Waals surface area (Å²) < 4.78 is 0. The standard InChI is InChI=1S/C11H10ClNO3.C2H6/c12-8-1-3-9(4-2-8)13-6-7(11(15)16)5-10(13)14;1-2/h1-4,7H,5-6H2,(H,15,16);1-2H3. The first-order chi connectivity index (χ1) is 8.58. The highest BCUT2D eigenvalue weighted by Gasteiger charge is 2.34. The van der Waals surface area contributed by atoms with Crippen molar-refractivity contribution < 1.29 is 14.7 Å². The third kappa shape index (κ3) is 3.23. The van der Waals surface area contributed by atoms with Crippen LogP contribution in [0, 0.1) is 5.92 Å². The average Bonchev–Trinajstić information content (AvgIpc) is 2.75. The van der Waals surface area contributed by atoms with Gasteiger partial charge in [0.15, 0.2) is 0 Å². The Morgan fingerprint density at radius 1 is 1.33 bits per heavy atom. The van der Waals surface area contributed by atoms with Crippen LogP contribution in [0.4, 0.5) is 5.69 Å². The third-order valence-electron chi connectivity index (χ3n) is 2.61. The molecule has 1 aliphatic heterocycles. The lowest BCUT2D eigenvalue weighted by molar-refractivity contribution is -0.141. The van der Waals surface area contributed by atoms with Crippen LogP contribution in [0.3, 0.4) is 0 Å². The van der Waals surface area contributed by atoms with Crippen LogP contribution < -0.4 is 4.90 Å². The number of halogens is 1. The lowest BCUT2D eigenvalue weighted by Gasteiger charge is -2.15. The van der Waals surface area contributed by atoms with Crippen molar-refractivity contribution in [1.29, 1.82) is 0 Å². The Labute approximate surface area is 111 Å². The number of carbonyl (C=O) groups excluding carboxylic acids is 1. The smallest absolute Gasteiger partial charge is 0.308 e. The summed E-state index contributed by atoms with van der Waals surface area (Å²) in [6.07, 6.45) is 0.0674. The second kappa shape index (κ2) is 6.40. The number of anilines is 1. The van der Waals surface area contributed by atoms with Crippen LogP contribution in [0.25, 0.3) is 0 Å². The molecule has 1 fully saturated rings. The molecule has 1 heterocycles. The van der Waals surface area contributed by atoms with E-state index < -0.39 is 11.9 Å². The summed E-state index contributed by atoms with van der Waals surface area (Å²) in [6.45, 7) is 4.23. The zero-order valence-corrected chi connectivity index (χ0v) is 11.1. The van der Waals surface area contributed by atoms with Gasteiger partial charge in [-0.1, -0.05) is 25.4 Å². The number of hydrogen-bond donors (Lipinski definition) is 1. The lowest BCUT2D eigenvalue weighted by Crippen LogP contribution is -2.25. The van der Waals surface area contributed by atoms with Crippen molar-refractivity contribution in [1.82, 2.24) is 0 Å². The fraction of sp³-hybridized carbons (Fsp3) is 0.385. The molecule has 1 aliphatic rings. The first-order valence-corrected chi connectivity index (χ1v) is 6.24. The van der Waals surface area contributed by atoms with Gasteiger partial charge in [-0.3, -0.25) is 9.59 Å². The Balaban J connectivity index is 0.000000771. The fourth-order valence-corrected chi connectivity index (χ4v) is 1.87. The van der Waals surface area contributed by atoms with E-state index >= 15 is 0 Å². The first kappa shape index (κ1) is 14.5. The predicted octanol–water partition coefficient (Wildman–Crippen LogP) is 2.80. The van der Waals surface area contributed by atoms with Crippen LogP contribution in [0.5, 0.6) is 0 Å². The third-order valence-corrected chi connectivity index (χ3v) is 2.86. The second-order valence-corrected chi connectivity index (χ2v) is 4.16. The van der Waals surface area contributed by atoms with E-state index in [1.54, 1.807) is 24.3 Å². The highest BCUT2D eigenvalue weighted by molar-refractivity contribution is 6.30. The highest BCUT2D eigenvalue weighted by Crippen LogP contribution is 2.26. The number of rotatable bonds is 2. The maximum Gasteiger partial charge on any atom is 0.308 e. The first-order valence-electron chi connectivity index (χ1n) is 5.86. The molecule has 1 unspecified atom stereocenters. The van der Waals surface area contributed by atoms with Gasteiger partial charge >= 0.3 is 5.97 Å². The van der Waals surface area contributed by atoms with Gasteiger partial charge in [-0.25, -0.2) is 0 Å². The summed E-state index contributed by atoms with van der Waals surface area (Å²) in [6, 6.07) is 6.78. The minimum absolute atomic E-state index is 0.0674. The molecule has 0 radical (unpaired) electrons. The number of carboxylic acids is 1. The zero-order valence-electron chi connectivity index (χ0n) is 10.4. The Bertz CT molecular complexity index is 430. The Morgan fingerprint density at radius 3 is 2.33 bits per heavy atom. The quantitative estimate of drug-likeness (QED) is 0.898. The summed E-state index contributed by atoms with van der Waals surface area (Å²) >= 11 is 5.74. The van der Waals surface area contributed by atoms with Gasteiger partial charge in [-0.15, -0.1) is 0 Å². The molecular formula is C13H16ClNO3. The zero-order chi connectivity index (χ0) is 13.7. The number of nitrogens with zero attached hydrogens (tertiary/aromatic N) is 1. The van der Waals surface area contributed by atoms with E-state index in [2.05, 4.69) is 0 Å². The van der Waals surface area contributed by atoms with Crippen molar-refractivity contribution in [2.45, 2.75) is 20.3 Å². The largest absolute Gasteiger partial charge is 0.481 e. The summed E-state index contributed by atoms with van der Waals surface area (Å²) in [7, 11) is 0. The lowest BCUT2D eigenvalue weighted by atomic mass is 10.1. The highest BCUT2D eigenvalue weighted by atomic mass is 35.5. The number of carboxylic acid groups (broad SMARTS) is 1. The molecule has 98 valence electrons. The molecular weight excluding hydrogens is 254 g/mol. The SMILES string of the molecule is CC.O=C(O)C1CC(=O)N(c2ccc(Cl)cc2)C1. The van der Waals surface area contributed by atoms with Gasteiger partial charge in [-0.05, 0) is 24.3 Å². The predicted molar refractivity (Wildman–Crippen MR) is 70.9 cm³/mol. The van der Waals surface area contributed by atoms with Gasteiger partial charge in [0.1, 0.15) is 0 Å². The summed E-state index contributed by atoms with van der Waals surface area (Å²) in [5.41, 5.74) is 0.693. The van der Waals surface area contributed by atoms with Crippen molar-refractivity contribution in [3.63, 3.8) is 0 Å². The monoisotopic (exact) mass is 269 g/mol. The van der Waals surface area contributed by atoms with Gasteiger partial charge < -0.3 is 10.0 Å². The van der Waals surface area contributed by atoms with Crippen LogP contribution >= 0.6 is 11.6 Å². The van der Waals surface area contributed by atoms with E-state index in [1.807, 2.05) is 13.8 Å². The number of hydrogen-bond acceptors (Lipinski definition) is 2. The maximum atomic E-state index is 11.6. The average molecular weight is 270 g/mol. The molecule has 0 saturated carbocycles. The summed E-state index contributed by atoms with van der Waals surface area (Å²) in [4.78, 5) is 23.9. The Morgan fingerprint density at radius 2 is 1.89 bits per heavy atom. The number of benzene rings is 1. The van der Waals surface area contributed by atoms with Crippen LogP contribution in [-0.4, -0.2) is 23.5 Å². The van der Waals surface area contributed by atoms with E-state index in [0.717, 1.165) is 0 Å².